The zero-order valence-electron chi connectivity index (χ0n) is 48.7. The fourth-order valence-corrected chi connectivity index (χ4v) is 9.73. The quantitative estimate of drug-likeness (QED) is 0.141. The second-order valence-electron chi connectivity index (χ2n) is 20.6. The summed E-state index contributed by atoms with van der Waals surface area (Å²) in [6.07, 6.45) is 1.83. The number of aryl methyl sites for hydroxylation is 1. The molecule has 0 aliphatic carbocycles. The number of phenols is 1. The molecule has 358 valence electrons. The van der Waals surface area contributed by atoms with Crippen molar-refractivity contribution >= 4 is 11.0 Å². The predicted octanol–water partition coefficient (Wildman–Crippen LogP) is 18.8. The number of aromatic nitrogens is 3. The molecule has 0 amide bonds. The third kappa shape index (κ3) is 9.30. The normalized spacial score (nSPS) is 13.7. The van der Waals surface area contributed by atoms with Gasteiger partial charge in [0.15, 0.2) is 0 Å². The van der Waals surface area contributed by atoms with E-state index in [9.17, 15) is 7.85 Å². The van der Waals surface area contributed by atoms with Crippen LogP contribution < -0.4 is 0 Å². The number of hydrogen-bond acceptors (Lipinski definition) is 3. The van der Waals surface area contributed by atoms with E-state index in [-0.39, 0.29) is 16.7 Å². The number of rotatable bonds is 11. The number of phenolic OH excluding ortho intramolecular Hbond substituents is 1. The van der Waals surface area contributed by atoms with Gasteiger partial charge in [-0.25, -0.2) is 4.98 Å². The molecule has 0 saturated heterocycles. The zero-order valence-corrected chi connectivity index (χ0v) is 42.7. The van der Waals surface area contributed by atoms with Gasteiger partial charge in [-0.2, -0.15) is 0 Å². The highest BCUT2D eigenvalue weighted by atomic mass is 16.3. The minimum atomic E-state index is -2.50. The molecule has 2 heterocycles. The standard InChI is InChI=1S/C68H65N3O/c1-42(2)46-24-26-48(27-25-46)51-32-33-69-62(40-51)55-36-53(47-18-13-11-14-19-47)35-54(37-55)57-22-17-23-63-65(57)70-67(61-39-52(43(3)4)38-58(44(5)6)66(61)72)71(63)64-41-59(49-20-15-12-16-21-49)45(7)34-60(64)50-28-30-56(31-29-50)68(8,9)10/h11-44,72H,1-10H3/i7D3,42D,43D,44D. The Morgan fingerprint density at radius 3 is 1.78 bits per heavy atom. The van der Waals surface area contributed by atoms with Gasteiger partial charge in [-0.3, -0.25) is 9.55 Å². The van der Waals surface area contributed by atoms with Gasteiger partial charge >= 0.3 is 0 Å². The van der Waals surface area contributed by atoms with Crippen LogP contribution in [0.4, 0.5) is 0 Å². The number of benzene rings is 8. The lowest BCUT2D eigenvalue weighted by Crippen LogP contribution is -2.10. The van der Waals surface area contributed by atoms with Crippen molar-refractivity contribution in [1.29, 1.82) is 0 Å². The first kappa shape index (κ1) is 40.9. The maximum atomic E-state index is 12.7. The van der Waals surface area contributed by atoms with Gasteiger partial charge in [-0.05, 0) is 157 Å². The third-order valence-corrected chi connectivity index (χ3v) is 13.9. The molecule has 8 aromatic carbocycles. The summed E-state index contributed by atoms with van der Waals surface area (Å²) in [6, 6.07) is 60.1. The lowest BCUT2D eigenvalue weighted by atomic mass is 9.85. The first-order valence-electron chi connectivity index (χ1n) is 27.8. The van der Waals surface area contributed by atoms with Crippen molar-refractivity contribution in [3.8, 4) is 89.7 Å². The molecule has 1 N–H and O–H groups in total. The first-order valence-corrected chi connectivity index (χ1v) is 24.8. The maximum Gasteiger partial charge on any atom is 0.149 e. The molecule has 72 heavy (non-hydrogen) atoms. The minimum absolute atomic E-state index is 0.128. The molecule has 0 aliphatic heterocycles. The smallest absolute Gasteiger partial charge is 0.149 e. The van der Waals surface area contributed by atoms with Crippen LogP contribution in [0.3, 0.4) is 0 Å². The van der Waals surface area contributed by atoms with Gasteiger partial charge in [-0.1, -0.05) is 190 Å². The monoisotopic (exact) mass is 946 g/mol. The van der Waals surface area contributed by atoms with E-state index in [0.29, 0.717) is 50.4 Å². The number of nitrogens with zero attached hydrogens (tertiary/aromatic N) is 3. The lowest BCUT2D eigenvalue weighted by Gasteiger charge is -2.22. The third-order valence-electron chi connectivity index (χ3n) is 13.9. The van der Waals surface area contributed by atoms with E-state index in [1.165, 1.54) is 0 Å². The summed E-state index contributed by atoms with van der Waals surface area (Å²) in [5, 5.41) is 12.7. The Kier molecular flexibility index (Phi) is 11.0. The molecule has 10 aromatic rings. The van der Waals surface area contributed by atoms with Crippen LogP contribution >= 0.6 is 0 Å². The van der Waals surface area contributed by atoms with Crippen LogP contribution in [0.15, 0.2) is 188 Å². The minimum Gasteiger partial charge on any atom is -0.507 e. The lowest BCUT2D eigenvalue weighted by molar-refractivity contribution is 0.466. The summed E-state index contributed by atoms with van der Waals surface area (Å²) < 4.78 is 56.2. The molecule has 0 fully saturated rings. The Morgan fingerprint density at radius 2 is 1.12 bits per heavy atom. The molecule has 0 saturated carbocycles. The van der Waals surface area contributed by atoms with E-state index in [1.54, 1.807) is 39.8 Å². The van der Waals surface area contributed by atoms with Gasteiger partial charge in [0.1, 0.15) is 11.6 Å². The van der Waals surface area contributed by atoms with E-state index in [4.69, 9.17) is 15.5 Å². The van der Waals surface area contributed by atoms with E-state index in [1.807, 2.05) is 128 Å². The summed E-state index contributed by atoms with van der Waals surface area (Å²) in [6.45, 7) is 14.8. The zero-order chi connectivity index (χ0) is 55.7. The maximum absolute atomic E-state index is 12.7. The van der Waals surface area contributed by atoms with Gasteiger partial charge in [0.2, 0.25) is 0 Å². The Hall–Kier alpha value is -7.82. The molecule has 0 aliphatic rings. The average Bonchev–Trinajstić information content (AvgIpc) is 4.04. The molecule has 4 heteroatoms. The van der Waals surface area contributed by atoms with Crippen molar-refractivity contribution in [2.24, 2.45) is 0 Å². The summed E-state index contributed by atoms with van der Waals surface area (Å²) in [7, 11) is 0. The van der Waals surface area contributed by atoms with E-state index in [2.05, 4.69) is 87.5 Å². The van der Waals surface area contributed by atoms with E-state index in [0.717, 1.165) is 66.9 Å². The summed E-state index contributed by atoms with van der Waals surface area (Å²) in [4.78, 5) is 10.6. The fraction of sp³-hybridized carbons (Fsp3) is 0.206. The Labute approximate surface area is 435 Å². The van der Waals surface area contributed by atoms with Gasteiger partial charge in [0.25, 0.3) is 0 Å². The largest absolute Gasteiger partial charge is 0.507 e. The number of pyridine rings is 1. The van der Waals surface area contributed by atoms with Crippen molar-refractivity contribution in [3.05, 3.63) is 216 Å². The highest BCUT2D eigenvalue weighted by Gasteiger charge is 2.26. The molecular weight excluding hydrogens is 875 g/mol. The van der Waals surface area contributed by atoms with Crippen molar-refractivity contribution in [1.82, 2.24) is 14.5 Å². The van der Waals surface area contributed by atoms with Crippen molar-refractivity contribution in [2.75, 3.05) is 0 Å². The van der Waals surface area contributed by atoms with Crippen molar-refractivity contribution < 1.29 is 13.3 Å². The molecular formula is C68H65N3O. The van der Waals surface area contributed by atoms with Gasteiger partial charge < -0.3 is 5.11 Å². The molecule has 0 spiro atoms. The molecule has 10 rings (SSSR count). The van der Waals surface area contributed by atoms with Gasteiger partial charge in [-0.15, -0.1) is 0 Å². The van der Waals surface area contributed by atoms with Crippen LogP contribution in [-0.2, 0) is 5.41 Å². The highest BCUT2D eigenvalue weighted by molar-refractivity contribution is 5.99. The Morgan fingerprint density at radius 1 is 0.500 bits per heavy atom. The number of imidazole rings is 1. The summed E-state index contributed by atoms with van der Waals surface area (Å²) in [5.74, 6) is -2.90. The van der Waals surface area contributed by atoms with Gasteiger partial charge in [0.05, 0.1) is 28.0 Å². The number of hydrogen-bond donors (Lipinski definition) is 1. The van der Waals surface area contributed by atoms with Crippen LogP contribution in [0.25, 0.3) is 95.0 Å². The average molecular weight is 946 g/mol. The molecule has 0 radical (unpaired) electrons. The summed E-state index contributed by atoms with van der Waals surface area (Å²) in [5.41, 5.74) is 15.3. The van der Waals surface area contributed by atoms with E-state index >= 15 is 0 Å². The molecule has 4 nitrogen and oxygen atoms in total. The predicted molar refractivity (Wildman–Crippen MR) is 304 cm³/mol. The first-order chi connectivity index (χ1) is 36.7. The van der Waals surface area contributed by atoms with Gasteiger partial charge in [0, 0.05) is 31.1 Å². The van der Waals surface area contributed by atoms with Crippen LogP contribution in [0.5, 0.6) is 5.75 Å². The number of fused-ring (bicyclic) bond motifs is 1. The Balaban J connectivity index is 1.31. The van der Waals surface area contributed by atoms with Crippen LogP contribution in [0, 0.1) is 6.85 Å². The second kappa shape index (κ2) is 19.4. The van der Waals surface area contributed by atoms with Crippen molar-refractivity contribution in [3.63, 3.8) is 0 Å². The molecule has 0 bridgehead atoms. The molecule has 0 atom stereocenters. The Bertz CT molecular complexity index is 3850. The van der Waals surface area contributed by atoms with Crippen molar-refractivity contribution in [2.45, 2.75) is 92.3 Å². The number of aromatic hydroxyl groups is 1. The fourth-order valence-electron chi connectivity index (χ4n) is 9.73. The van der Waals surface area contributed by atoms with Crippen LogP contribution in [0.1, 0.15) is 116 Å². The topological polar surface area (TPSA) is 50.9 Å². The highest BCUT2D eigenvalue weighted by Crippen LogP contribution is 2.46. The SMILES string of the molecule is [2H]C([2H])([2H])c1cc(-c2ccc(C(C)(C)C)cc2)c(-n2c(-c3cc(C([2H])(C)C)cc(C([2H])(C)C)c3O)nc3c(-c4cc(-c5ccccc5)cc(-c5cc(-c6ccc(C([2H])(C)C)cc6)ccn5)c4)cccc32)cc1-c1ccccc1. The molecule has 2 aromatic heterocycles. The second-order valence-corrected chi connectivity index (χ2v) is 20.6. The molecule has 0 unspecified atom stereocenters. The van der Waals surface area contributed by atoms with Crippen LogP contribution in [0.2, 0.25) is 0 Å². The summed E-state index contributed by atoms with van der Waals surface area (Å²) >= 11 is 0. The van der Waals surface area contributed by atoms with E-state index < -0.39 is 24.5 Å². The van der Waals surface area contributed by atoms with Crippen LogP contribution in [-0.4, -0.2) is 19.6 Å². The number of para-hydroxylation sites is 1.